The molecule has 1 unspecified atom stereocenters. The summed E-state index contributed by atoms with van der Waals surface area (Å²) in [7, 11) is 0. The second-order valence-corrected chi connectivity index (χ2v) is 12.2. The fourth-order valence-electron chi connectivity index (χ4n) is 6.77. The minimum absolute atomic E-state index is 0.0868. The van der Waals surface area contributed by atoms with Crippen LogP contribution in [0.4, 0.5) is 0 Å². The highest BCUT2D eigenvalue weighted by Crippen LogP contribution is 2.44. The molecule has 2 fully saturated rings. The molecule has 0 radical (unpaired) electrons. The second kappa shape index (κ2) is 13.1. The van der Waals surface area contributed by atoms with Gasteiger partial charge in [0, 0.05) is 53.7 Å². The molecule has 6 rings (SSSR count). The maximum Gasteiger partial charge on any atom is 0.261 e. The third-order valence-corrected chi connectivity index (χ3v) is 8.86. The minimum atomic E-state index is -1.18. The number of hydrogen-bond donors (Lipinski definition) is 2. The molecule has 0 bridgehead atoms. The van der Waals surface area contributed by atoms with E-state index >= 15 is 0 Å². The first-order chi connectivity index (χ1) is 22.2. The lowest BCUT2D eigenvalue weighted by molar-refractivity contribution is -0.160. The first-order valence-corrected chi connectivity index (χ1v) is 15.2. The Morgan fingerprint density at radius 2 is 1.50 bits per heavy atom. The van der Waals surface area contributed by atoms with Crippen LogP contribution in [0.5, 0.6) is 0 Å². The first-order valence-electron chi connectivity index (χ1n) is 15.2. The van der Waals surface area contributed by atoms with E-state index in [0.29, 0.717) is 11.1 Å². The van der Waals surface area contributed by atoms with E-state index in [1.807, 2.05) is 54.6 Å². The lowest BCUT2D eigenvalue weighted by Gasteiger charge is -2.57. The molecule has 0 aliphatic carbocycles. The number of likely N-dealkylation sites (tertiary alicyclic amines) is 1. The number of carbonyl (C=O) groups is 2. The monoisotopic (exact) mass is 621 g/mol. The Morgan fingerprint density at radius 3 is 2.11 bits per heavy atom. The maximum atomic E-state index is 13.4. The summed E-state index contributed by atoms with van der Waals surface area (Å²) in [5.41, 5.74) is 12.7. The zero-order valence-electron chi connectivity index (χ0n) is 25.6. The van der Waals surface area contributed by atoms with Crippen molar-refractivity contribution in [3.63, 3.8) is 0 Å². The van der Waals surface area contributed by atoms with E-state index in [1.165, 1.54) is 4.90 Å². The van der Waals surface area contributed by atoms with Crippen molar-refractivity contribution in [2.45, 2.75) is 55.9 Å². The zero-order chi connectivity index (χ0) is 32.4. The predicted octanol–water partition coefficient (Wildman–Crippen LogP) is 3.70. The molecule has 3 aliphatic rings. The molecule has 0 spiro atoms. The minimum Gasteiger partial charge on any atom is -0.394 e. The van der Waals surface area contributed by atoms with Gasteiger partial charge in [0.15, 0.2) is 5.79 Å². The quantitative estimate of drug-likeness (QED) is 0.122. The fraction of sp³-hybridized carbons (Fsp3) is 0.371. The normalized spacial score (nSPS) is 25.7. The van der Waals surface area contributed by atoms with Crippen LogP contribution in [0.2, 0.25) is 0 Å². The van der Waals surface area contributed by atoms with Crippen LogP contribution in [0.25, 0.3) is 10.4 Å². The van der Waals surface area contributed by atoms with E-state index in [9.17, 15) is 25.3 Å². The highest BCUT2D eigenvalue weighted by molar-refractivity contribution is 6.21. The number of amides is 2. The first kappa shape index (κ1) is 31.5. The summed E-state index contributed by atoms with van der Waals surface area (Å²) in [5, 5.41) is 24.2. The Bertz CT molecular complexity index is 1680. The highest BCUT2D eigenvalue weighted by Gasteiger charge is 2.54. The van der Waals surface area contributed by atoms with Crippen molar-refractivity contribution < 1.29 is 29.3 Å². The van der Waals surface area contributed by atoms with Gasteiger partial charge in [0.25, 0.3) is 11.8 Å². The number of rotatable bonds is 9. The Morgan fingerprint density at radius 1 is 0.891 bits per heavy atom. The van der Waals surface area contributed by atoms with Gasteiger partial charge in [0.05, 0.1) is 17.7 Å². The third-order valence-electron chi connectivity index (χ3n) is 8.86. The number of nitrogens with zero attached hydrogens (tertiary/aromatic N) is 5. The van der Waals surface area contributed by atoms with Crippen LogP contribution in [0, 0.1) is 11.8 Å². The summed E-state index contributed by atoms with van der Waals surface area (Å²) in [4.78, 5) is 33.2. The van der Waals surface area contributed by atoms with Crippen LogP contribution in [0.15, 0.2) is 84.0 Å². The molecule has 46 heavy (non-hydrogen) atoms. The van der Waals surface area contributed by atoms with Gasteiger partial charge in [-0.3, -0.25) is 19.4 Å². The van der Waals surface area contributed by atoms with Crippen molar-refractivity contribution in [3.8, 4) is 11.8 Å². The van der Waals surface area contributed by atoms with Crippen molar-refractivity contribution in [1.29, 1.82) is 0 Å². The molecule has 0 saturated carbocycles. The van der Waals surface area contributed by atoms with Crippen molar-refractivity contribution in [3.05, 3.63) is 117 Å². The molecule has 2 amide bonds. The van der Waals surface area contributed by atoms with Crippen LogP contribution in [0.1, 0.15) is 57.2 Å². The number of benzene rings is 3. The third kappa shape index (κ3) is 6.15. The van der Waals surface area contributed by atoms with Crippen LogP contribution >= 0.6 is 0 Å². The Hall–Kier alpha value is -4.53. The van der Waals surface area contributed by atoms with E-state index in [1.54, 1.807) is 38.1 Å². The van der Waals surface area contributed by atoms with E-state index in [4.69, 9.17) is 9.47 Å². The average molecular weight is 622 g/mol. The molecule has 0 aromatic heterocycles. The number of hydrogen-bond acceptors (Lipinski definition) is 8. The SMILES string of the molecule is CC1(C)OC([C@H](O)CO)[C@H](CN2[C@H](CN3C(=O)c4ccccc4C3=O)[C@H](c3ccc(C#Cc4ccccc4)cc3)[C@@H]2CN=[N+]=[N-])O1. The van der Waals surface area contributed by atoms with Crippen LogP contribution < -0.4 is 0 Å². The molecule has 236 valence electrons. The van der Waals surface area contributed by atoms with Crippen LogP contribution in [-0.2, 0) is 9.47 Å². The number of fused-ring (bicyclic) bond motifs is 1. The number of aliphatic hydroxyl groups excluding tert-OH is 2. The van der Waals surface area contributed by atoms with Gasteiger partial charge in [-0.15, -0.1) is 0 Å². The van der Waals surface area contributed by atoms with Gasteiger partial charge < -0.3 is 19.7 Å². The average Bonchev–Trinajstić information content (AvgIpc) is 3.51. The molecule has 2 N–H and O–H groups in total. The molecule has 6 atom stereocenters. The van der Waals surface area contributed by atoms with Crippen LogP contribution in [-0.4, -0.2) is 94.3 Å². The van der Waals surface area contributed by atoms with Crippen molar-refractivity contribution >= 4 is 11.8 Å². The van der Waals surface area contributed by atoms with Gasteiger partial charge >= 0.3 is 0 Å². The van der Waals surface area contributed by atoms with Crippen molar-refractivity contribution in [2.24, 2.45) is 5.11 Å². The van der Waals surface area contributed by atoms with Crippen molar-refractivity contribution in [1.82, 2.24) is 9.80 Å². The van der Waals surface area contributed by atoms with Gasteiger partial charge in [0.1, 0.15) is 18.3 Å². The van der Waals surface area contributed by atoms with E-state index in [0.717, 1.165) is 16.7 Å². The summed E-state index contributed by atoms with van der Waals surface area (Å²) in [6.07, 6.45) is -2.65. The smallest absolute Gasteiger partial charge is 0.261 e. The molecule has 3 aromatic carbocycles. The number of aliphatic hydroxyl groups is 2. The van der Waals surface area contributed by atoms with E-state index in [-0.39, 0.29) is 49.5 Å². The molecule has 2 saturated heterocycles. The highest BCUT2D eigenvalue weighted by atomic mass is 16.8. The van der Waals surface area contributed by atoms with Gasteiger partial charge in [-0.2, -0.15) is 0 Å². The maximum absolute atomic E-state index is 13.4. The lowest BCUT2D eigenvalue weighted by Crippen LogP contribution is -2.68. The fourth-order valence-corrected chi connectivity index (χ4v) is 6.77. The molecular weight excluding hydrogens is 586 g/mol. The Labute approximate surface area is 267 Å². The molecule has 11 nitrogen and oxygen atoms in total. The number of imide groups is 1. The van der Waals surface area contributed by atoms with Crippen LogP contribution in [0.3, 0.4) is 0 Å². The summed E-state index contributed by atoms with van der Waals surface area (Å²) in [6, 6.07) is 23.6. The summed E-state index contributed by atoms with van der Waals surface area (Å²) < 4.78 is 12.1. The van der Waals surface area contributed by atoms with Crippen molar-refractivity contribution in [2.75, 3.05) is 26.2 Å². The Balaban J connectivity index is 1.33. The van der Waals surface area contributed by atoms with Gasteiger partial charge in [-0.05, 0) is 61.3 Å². The van der Waals surface area contributed by atoms with Gasteiger partial charge in [0.2, 0.25) is 0 Å². The molecule has 3 heterocycles. The molecular formula is C35H35N5O6. The molecule has 3 aliphatic heterocycles. The second-order valence-electron chi connectivity index (χ2n) is 12.2. The zero-order valence-corrected chi connectivity index (χ0v) is 25.6. The summed E-state index contributed by atoms with van der Waals surface area (Å²) >= 11 is 0. The van der Waals surface area contributed by atoms with Gasteiger partial charge in [-0.1, -0.05) is 59.4 Å². The summed E-state index contributed by atoms with van der Waals surface area (Å²) in [5.74, 6) is 4.40. The predicted molar refractivity (Wildman–Crippen MR) is 169 cm³/mol. The largest absolute Gasteiger partial charge is 0.394 e. The topological polar surface area (TPSA) is 148 Å². The standard InChI is InChI=1S/C35H35N5O6/c1-35(2)45-30(32(46-35)29(42)21-41)20-39-27(18-37-38-36)31(24-16-14-23(15-17-24)13-12-22-8-4-3-5-9-22)28(39)19-40-33(43)25-10-6-7-11-26(25)34(40)44/h3-11,14-17,27-32,41-42H,18-21H2,1-2H3/t27-,28+,29+,30-,31+,32?/m0/s1. The lowest BCUT2D eigenvalue weighted by atomic mass is 9.74. The Kier molecular flexibility index (Phi) is 8.93. The van der Waals surface area contributed by atoms with E-state index in [2.05, 4.69) is 26.8 Å². The van der Waals surface area contributed by atoms with Gasteiger partial charge in [-0.25, -0.2) is 0 Å². The number of ether oxygens (including phenoxy) is 2. The summed E-state index contributed by atoms with van der Waals surface area (Å²) in [6.45, 7) is 3.41. The molecule has 3 aromatic rings. The van der Waals surface area contributed by atoms with E-state index < -0.39 is 30.7 Å². The number of carbonyl (C=O) groups excluding carboxylic acids is 2. The molecule has 11 heteroatoms. The number of azide groups is 1.